The van der Waals surface area contributed by atoms with Crippen molar-refractivity contribution in [1.29, 1.82) is 0 Å². The first kappa shape index (κ1) is 21.9. The Bertz CT molecular complexity index is 1290. The van der Waals surface area contributed by atoms with Crippen molar-refractivity contribution in [2.75, 3.05) is 5.32 Å². The predicted molar refractivity (Wildman–Crippen MR) is 126 cm³/mol. The van der Waals surface area contributed by atoms with E-state index >= 15 is 0 Å². The predicted octanol–water partition coefficient (Wildman–Crippen LogP) is 4.73. The van der Waals surface area contributed by atoms with Crippen molar-refractivity contribution in [2.24, 2.45) is 11.8 Å². The second-order valence-corrected chi connectivity index (χ2v) is 8.79. The number of carbonyl (C=O) groups excluding carboxylic acids is 2. The number of rotatable bonds is 5. The van der Waals surface area contributed by atoms with E-state index in [0.29, 0.717) is 21.8 Å². The number of halogens is 1. The highest BCUT2D eigenvalue weighted by atomic mass is 35.5. The molecule has 0 saturated carbocycles. The molecule has 6 rings (SSSR count). The van der Waals surface area contributed by atoms with Crippen LogP contribution in [0, 0.1) is 11.8 Å². The van der Waals surface area contributed by atoms with E-state index in [1.165, 1.54) is 0 Å². The molecule has 3 aromatic rings. The van der Waals surface area contributed by atoms with Crippen molar-refractivity contribution >= 4 is 35.1 Å². The molecule has 3 aliphatic rings. The van der Waals surface area contributed by atoms with Gasteiger partial charge in [-0.15, -0.1) is 0 Å². The van der Waals surface area contributed by atoms with Crippen molar-refractivity contribution in [3.05, 3.63) is 113 Å². The lowest BCUT2D eigenvalue weighted by Gasteiger charge is -2.54. The summed E-state index contributed by atoms with van der Waals surface area (Å²) in [4.78, 5) is 39.1. The van der Waals surface area contributed by atoms with E-state index in [1.807, 2.05) is 24.3 Å². The molecule has 7 heteroatoms. The van der Waals surface area contributed by atoms with Crippen LogP contribution in [0.15, 0.2) is 85.5 Å². The molecule has 0 aromatic heterocycles. The van der Waals surface area contributed by atoms with E-state index in [0.717, 1.165) is 17.2 Å². The monoisotopic (exact) mass is 473 g/mol. The van der Waals surface area contributed by atoms with Gasteiger partial charge in [-0.05, 0) is 35.4 Å². The van der Waals surface area contributed by atoms with Crippen molar-refractivity contribution in [2.45, 2.75) is 11.5 Å². The van der Waals surface area contributed by atoms with Crippen LogP contribution < -0.4 is 5.32 Å². The Morgan fingerprint density at radius 1 is 0.941 bits per heavy atom. The summed E-state index contributed by atoms with van der Waals surface area (Å²) in [5.74, 6) is -5.43. The van der Waals surface area contributed by atoms with Gasteiger partial charge in [0.2, 0.25) is 5.91 Å². The first-order valence-corrected chi connectivity index (χ1v) is 11.1. The third-order valence-electron chi connectivity index (χ3n) is 6.66. The van der Waals surface area contributed by atoms with Gasteiger partial charge in [0.15, 0.2) is 5.60 Å². The van der Waals surface area contributed by atoms with Crippen LogP contribution in [0.3, 0.4) is 0 Å². The molecule has 6 nitrogen and oxygen atoms in total. The molecule has 3 aliphatic carbocycles. The highest BCUT2D eigenvalue weighted by Gasteiger charge is 2.66. The number of benzene rings is 3. The number of hydrogen-bond donors (Lipinski definition) is 2. The lowest BCUT2D eigenvalue weighted by molar-refractivity contribution is -0.176. The highest BCUT2D eigenvalue weighted by Crippen LogP contribution is 2.62. The van der Waals surface area contributed by atoms with Gasteiger partial charge in [0.05, 0.1) is 5.92 Å². The van der Waals surface area contributed by atoms with Crippen LogP contribution >= 0.6 is 11.6 Å². The molecule has 0 saturated heterocycles. The SMILES string of the molecule is C=CC(=O)OC12c3ccccc3C(c3ccccc31)C(C(=O)Nc1ccc(Cl)cc1)C2C(=O)O. The van der Waals surface area contributed by atoms with Gasteiger partial charge in [-0.25, -0.2) is 4.79 Å². The standard InChI is InChI=1S/C27H20ClNO5/c1-2-21(30)34-27-19-9-5-3-7-17(19)22(18-8-4-6-10-20(18)27)23(24(27)26(32)33)25(31)29-16-13-11-15(28)12-14-16/h2-14,22-24H,1H2,(H,29,31)(H,32,33). The summed E-state index contributed by atoms with van der Waals surface area (Å²) in [5, 5.41) is 13.8. The van der Waals surface area contributed by atoms with Crippen molar-refractivity contribution in [3.63, 3.8) is 0 Å². The summed E-state index contributed by atoms with van der Waals surface area (Å²) in [6.45, 7) is 3.49. The molecule has 0 fully saturated rings. The average Bonchev–Trinajstić information content (AvgIpc) is 2.85. The Morgan fingerprint density at radius 2 is 1.50 bits per heavy atom. The molecule has 3 aromatic carbocycles. The minimum atomic E-state index is -1.69. The summed E-state index contributed by atoms with van der Waals surface area (Å²) in [5.41, 5.74) is 1.44. The van der Waals surface area contributed by atoms with Gasteiger partial charge in [-0.2, -0.15) is 0 Å². The van der Waals surface area contributed by atoms with E-state index in [2.05, 4.69) is 11.9 Å². The van der Waals surface area contributed by atoms with Gasteiger partial charge in [0, 0.05) is 33.8 Å². The minimum Gasteiger partial charge on any atom is -0.481 e. The molecule has 34 heavy (non-hydrogen) atoms. The zero-order valence-electron chi connectivity index (χ0n) is 17.9. The molecule has 170 valence electrons. The molecule has 2 bridgehead atoms. The van der Waals surface area contributed by atoms with Gasteiger partial charge in [-0.3, -0.25) is 9.59 Å². The number of hydrogen-bond acceptors (Lipinski definition) is 4. The summed E-state index contributed by atoms with van der Waals surface area (Å²) in [6, 6.07) is 21.0. The fraction of sp³-hybridized carbons (Fsp3) is 0.148. The second-order valence-electron chi connectivity index (χ2n) is 8.35. The molecular weight excluding hydrogens is 454 g/mol. The topological polar surface area (TPSA) is 92.7 Å². The average molecular weight is 474 g/mol. The van der Waals surface area contributed by atoms with Gasteiger partial charge >= 0.3 is 11.9 Å². The van der Waals surface area contributed by atoms with E-state index < -0.39 is 41.2 Å². The van der Waals surface area contributed by atoms with Crippen LogP contribution in [-0.4, -0.2) is 23.0 Å². The van der Waals surface area contributed by atoms with Crippen LogP contribution in [0.2, 0.25) is 5.02 Å². The number of fused-ring (bicyclic) bond motifs is 1. The molecule has 0 aliphatic heterocycles. The first-order chi connectivity index (χ1) is 16.4. The van der Waals surface area contributed by atoms with Crippen LogP contribution in [0.5, 0.6) is 0 Å². The zero-order chi connectivity index (χ0) is 24.0. The maximum absolute atomic E-state index is 13.7. The smallest absolute Gasteiger partial charge is 0.331 e. The van der Waals surface area contributed by atoms with Crippen LogP contribution in [0.25, 0.3) is 0 Å². The molecular formula is C27H20ClNO5. The summed E-state index contributed by atoms with van der Waals surface area (Å²) in [6.07, 6.45) is 1.00. The molecule has 0 spiro atoms. The number of carboxylic acid groups (broad SMARTS) is 1. The lowest BCUT2D eigenvalue weighted by Crippen LogP contribution is -2.59. The van der Waals surface area contributed by atoms with Crippen molar-refractivity contribution < 1.29 is 24.2 Å². The van der Waals surface area contributed by atoms with E-state index in [9.17, 15) is 19.5 Å². The Morgan fingerprint density at radius 3 is 2.03 bits per heavy atom. The van der Waals surface area contributed by atoms with Crippen molar-refractivity contribution in [3.8, 4) is 0 Å². The number of ether oxygens (including phenoxy) is 1. The van der Waals surface area contributed by atoms with Gasteiger partial charge in [-0.1, -0.05) is 66.7 Å². The molecule has 2 unspecified atom stereocenters. The van der Waals surface area contributed by atoms with Gasteiger partial charge < -0.3 is 15.2 Å². The Kier molecular flexibility index (Phi) is 5.25. The molecule has 2 atom stereocenters. The number of carbonyl (C=O) groups is 3. The maximum Gasteiger partial charge on any atom is 0.331 e. The van der Waals surface area contributed by atoms with Crippen molar-refractivity contribution in [1.82, 2.24) is 0 Å². The second kappa shape index (κ2) is 8.15. The first-order valence-electron chi connectivity index (χ1n) is 10.7. The number of amides is 1. The van der Waals surface area contributed by atoms with Crippen LogP contribution in [0.4, 0.5) is 5.69 Å². The summed E-state index contributed by atoms with van der Waals surface area (Å²) in [7, 11) is 0. The third-order valence-corrected chi connectivity index (χ3v) is 6.91. The molecule has 2 N–H and O–H groups in total. The maximum atomic E-state index is 13.7. The lowest BCUT2D eigenvalue weighted by atomic mass is 9.51. The molecule has 0 heterocycles. The Balaban J connectivity index is 1.75. The van der Waals surface area contributed by atoms with Crippen LogP contribution in [0.1, 0.15) is 28.2 Å². The zero-order valence-corrected chi connectivity index (χ0v) is 18.7. The number of nitrogens with one attached hydrogen (secondary N) is 1. The summed E-state index contributed by atoms with van der Waals surface area (Å²) < 4.78 is 5.95. The third kappa shape index (κ3) is 3.14. The molecule has 1 amide bonds. The number of aliphatic carboxylic acids is 1. The highest BCUT2D eigenvalue weighted by molar-refractivity contribution is 6.30. The summed E-state index contributed by atoms with van der Waals surface area (Å²) >= 11 is 5.96. The largest absolute Gasteiger partial charge is 0.481 e. The van der Waals surface area contributed by atoms with E-state index in [-0.39, 0.29) is 0 Å². The quantitative estimate of drug-likeness (QED) is 0.413. The fourth-order valence-electron chi connectivity index (χ4n) is 5.46. The minimum absolute atomic E-state index is 0.484. The fourth-order valence-corrected chi connectivity index (χ4v) is 5.58. The Labute approximate surface area is 200 Å². The van der Waals surface area contributed by atoms with E-state index in [4.69, 9.17) is 16.3 Å². The number of esters is 1. The number of anilines is 1. The number of carboxylic acids is 1. The normalized spacial score (nSPS) is 23.9. The van der Waals surface area contributed by atoms with Crippen LogP contribution in [-0.2, 0) is 24.7 Å². The van der Waals surface area contributed by atoms with E-state index in [1.54, 1.807) is 48.5 Å². The Hall–Kier alpha value is -3.90. The molecule has 0 radical (unpaired) electrons. The van der Waals surface area contributed by atoms with Gasteiger partial charge in [0.25, 0.3) is 0 Å². The van der Waals surface area contributed by atoms with Gasteiger partial charge in [0.1, 0.15) is 5.92 Å².